The van der Waals surface area contributed by atoms with E-state index in [1.165, 1.54) is 18.2 Å². The van der Waals surface area contributed by atoms with Crippen LogP contribution in [0, 0.1) is 0 Å². The highest BCUT2D eigenvalue weighted by molar-refractivity contribution is 7.89. The second-order valence-electron chi connectivity index (χ2n) is 7.71. The minimum Gasteiger partial charge on any atom is -0.490 e. The fraction of sp³-hybridized carbons (Fsp3) is 0.318. The predicted octanol–water partition coefficient (Wildman–Crippen LogP) is 1.01. The van der Waals surface area contributed by atoms with Crippen molar-refractivity contribution in [3.63, 3.8) is 0 Å². The fourth-order valence-electron chi connectivity index (χ4n) is 3.76. The summed E-state index contributed by atoms with van der Waals surface area (Å²) in [5.74, 6) is -0.821. The number of benzene rings is 2. The molecular formula is C22H24N4O7S. The molecule has 3 N–H and O–H groups in total. The second kappa shape index (κ2) is 9.31. The van der Waals surface area contributed by atoms with Crippen molar-refractivity contribution in [2.75, 3.05) is 19.8 Å². The number of hydrogen-bond donors (Lipinski definition) is 3. The number of sulfonamides is 1. The Hall–Kier alpha value is -3.64. The van der Waals surface area contributed by atoms with Crippen molar-refractivity contribution in [3.05, 3.63) is 54.1 Å². The van der Waals surface area contributed by atoms with Gasteiger partial charge in [-0.2, -0.15) is 5.01 Å². The zero-order chi connectivity index (χ0) is 24.3. The third-order valence-electron chi connectivity index (χ3n) is 5.58. The van der Waals surface area contributed by atoms with Gasteiger partial charge in [-0.05, 0) is 24.1 Å². The average molecular weight is 489 g/mol. The predicted molar refractivity (Wildman–Crippen MR) is 119 cm³/mol. The van der Waals surface area contributed by atoms with Gasteiger partial charge in [0.25, 0.3) is 11.8 Å². The van der Waals surface area contributed by atoms with Gasteiger partial charge < -0.3 is 14.8 Å². The molecule has 0 spiro atoms. The van der Waals surface area contributed by atoms with Gasteiger partial charge in [0, 0.05) is 12.5 Å². The van der Waals surface area contributed by atoms with Gasteiger partial charge in [0.2, 0.25) is 10.0 Å². The Morgan fingerprint density at radius 3 is 2.50 bits per heavy atom. The highest BCUT2D eigenvalue weighted by Gasteiger charge is 2.52. The Bertz CT molecular complexity index is 1220. The number of amides is 4. The molecule has 0 aromatic heterocycles. The van der Waals surface area contributed by atoms with Crippen LogP contribution in [0.2, 0.25) is 0 Å². The van der Waals surface area contributed by atoms with Crippen LogP contribution in [-0.2, 0) is 25.2 Å². The smallest absolute Gasteiger partial charge is 0.344 e. The normalized spacial score (nSPS) is 20.0. The van der Waals surface area contributed by atoms with Crippen LogP contribution in [0.4, 0.5) is 4.79 Å². The molecule has 1 saturated heterocycles. The summed E-state index contributed by atoms with van der Waals surface area (Å²) < 4.78 is 38.5. The van der Waals surface area contributed by atoms with Crippen LogP contribution >= 0.6 is 0 Å². The van der Waals surface area contributed by atoms with Crippen LogP contribution in [0.3, 0.4) is 0 Å². The van der Waals surface area contributed by atoms with Crippen LogP contribution in [0.25, 0.3) is 0 Å². The summed E-state index contributed by atoms with van der Waals surface area (Å²) in [6, 6.07) is 12.0. The molecule has 2 aliphatic rings. The molecule has 2 heterocycles. The Labute approximate surface area is 196 Å². The molecule has 2 aromatic rings. The molecule has 12 heteroatoms. The summed E-state index contributed by atoms with van der Waals surface area (Å²) in [5.41, 5.74) is 1.43. The van der Waals surface area contributed by atoms with Crippen molar-refractivity contribution in [1.29, 1.82) is 0 Å². The van der Waals surface area contributed by atoms with Gasteiger partial charge in [-0.25, -0.2) is 17.9 Å². The third kappa shape index (κ3) is 4.41. The number of fused-ring (bicyclic) bond motifs is 1. The van der Waals surface area contributed by atoms with Crippen molar-refractivity contribution in [1.82, 2.24) is 20.5 Å². The Morgan fingerprint density at radius 2 is 1.79 bits per heavy atom. The minimum atomic E-state index is -4.08. The number of hydrogen-bond acceptors (Lipinski definition) is 7. The first-order chi connectivity index (χ1) is 16.3. The SMILES string of the molecule is CC[C@@]1(c2ccccc2)NC(=O)N(NC(=O)CNS(=O)(=O)c2ccc3c(c2)OCCCO3)C1=O. The monoisotopic (exact) mass is 488 g/mol. The zero-order valence-corrected chi connectivity index (χ0v) is 19.2. The molecule has 34 heavy (non-hydrogen) atoms. The molecule has 1 atom stereocenters. The van der Waals surface area contributed by atoms with Gasteiger partial charge in [0.15, 0.2) is 11.5 Å². The van der Waals surface area contributed by atoms with E-state index in [2.05, 4.69) is 15.5 Å². The summed E-state index contributed by atoms with van der Waals surface area (Å²) in [4.78, 5) is 37.8. The first kappa shape index (κ1) is 23.5. The number of imide groups is 1. The fourth-order valence-corrected chi connectivity index (χ4v) is 4.75. The molecule has 180 valence electrons. The van der Waals surface area contributed by atoms with Crippen LogP contribution in [0.1, 0.15) is 25.3 Å². The lowest BCUT2D eigenvalue weighted by atomic mass is 9.87. The number of nitrogens with one attached hydrogen (secondary N) is 3. The van der Waals surface area contributed by atoms with Gasteiger partial charge >= 0.3 is 6.03 Å². The van der Waals surface area contributed by atoms with Gasteiger partial charge in [-0.3, -0.25) is 15.0 Å². The Balaban J connectivity index is 1.42. The van der Waals surface area contributed by atoms with Crippen molar-refractivity contribution in [2.45, 2.75) is 30.2 Å². The highest BCUT2D eigenvalue weighted by atomic mass is 32.2. The number of carbonyl (C=O) groups is 3. The molecule has 0 aliphatic carbocycles. The third-order valence-corrected chi connectivity index (χ3v) is 6.98. The number of rotatable bonds is 7. The van der Waals surface area contributed by atoms with E-state index in [0.29, 0.717) is 41.7 Å². The maximum absolute atomic E-state index is 13.1. The van der Waals surface area contributed by atoms with Crippen molar-refractivity contribution in [3.8, 4) is 11.5 Å². The van der Waals surface area contributed by atoms with E-state index < -0.39 is 40.0 Å². The van der Waals surface area contributed by atoms with Crippen LogP contribution in [0.15, 0.2) is 53.4 Å². The lowest BCUT2D eigenvalue weighted by Gasteiger charge is -2.25. The van der Waals surface area contributed by atoms with Gasteiger partial charge in [0.1, 0.15) is 5.54 Å². The summed E-state index contributed by atoms with van der Waals surface area (Å²) in [5, 5.41) is 3.20. The molecule has 2 aromatic carbocycles. The minimum absolute atomic E-state index is 0.117. The van der Waals surface area contributed by atoms with E-state index in [-0.39, 0.29) is 11.3 Å². The molecule has 0 bridgehead atoms. The quantitative estimate of drug-likeness (QED) is 0.494. The number of nitrogens with zero attached hydrogens (tertiary/aromatic N) is 1. The standard InChI is InChI=1S/C22H24N4O7S/c1-2-22(15-7-4-3-5-8-15)20(28)26(21(29)24-22)25-19(27)14-23-34(30,31)16-9-10-17-18(13-16)33-12-6-11-32-17/h3-5,7-10,13,23H,2,6,11-12,14H2,1H3,(H,24,29)(H,25,27)/t22-/m0/s1. The molecule has 0 saturated carbocycles. The van der Waals surface area contributed by atoms with E-state index in [1.54, 1.807) is 37.3 Å². The lowest BCUT2D eigenvalue weighted by molar-refractivity contribution is -0.139. The average Bonchev–Trinajstić information content (AvgIpc) is 2.99. The molecular weight excluding hydrogens is 464 g/mol. The van der Waals surface area contributed by atoms with E-state index in [0.717, 1.165) is 0 Å². The largest absolute Gasteiger partial charge is 0.490 e. The first-order valence-electron chi connectivity index (χ1n) is 10.7. The topological polar surface area (TPSA) is 143 Å². The summed E-state index contributed by atoms with van der Waals surface area (Å²) in [6.07, 6.45) is 0.923. The van der Waals surface area contributed by atoms with E-state index in [1.807, 2.05) is 0 Å². The van der Waals surface area contributed by atoms with Crippen molar-refractivity contribution >= 4 is 27.9 Å². The lowest BCUT2D eigenvalue weighted by Crippen LogP contribution is -2.51. The molecule has 0 unspecified atom stereocenters. The zero-order valence-electron chi connectivity index (χ0n) is 18.4. The maximum Gasteiger partial charge on any atom is 0.344 e. The Morgan fingerprint density at radius 1 is 1.09 bits per heavy atom. The van der Waals surface area contributed by atoms with E-state index >= 15 is 0 Å². The molecule has 0 radical (unpaired) electrons. The molecule has 4 rings (SSSR count). The Kier molecular flexibility index (Phi) is 6.44. The number of urea groups is 1. The summed E-state index contributed by atoms with van der Waals surface area (Å²) >= 11 is 0. The number of ether oxygens (including phenoxy) is 2. The van der Waals surface area contributed by atoms with Gasteiger partial charge in [-0.1, -0.05) is 37.3 Å². The van der Waals surface area contributed by atoms with Crippen LogP contribution in [0.5, 0.6) is 11.5 Å². The number of hydrazine groups is 1. The van der Waals surface area contributed by atoms with E-state index in [4.69, 9.17) is 9.47 Å². The summed E-state index contributed by atoms with van der Waals surface area (Å²) in [7, 11) is -4.08. The molecule has 2 aliphatic heterocycles. The van der Waals surface area contributed by atoms with Gasteiger partial charge in [0.05, 0.1) is 24.7 Å². The number of carbonyl (C=O) groups excluding carboxylic acids is 3. The second-order valence-corrected chi connectivity index (χ2v) is 9.48. The van der Waals surface area contributed by atoms with Gasteiger partial charge in [-0.15, -0.1) is 0 Å². The highest BCUT2D eigenvalue weighted by Crippen LogP contribution is 2.32. The maximum atomic E-state index is 13.1. The van der Waals surface area contributed by atoms with Crippen LogP contribution < -0.4 is 24.9 Å². The van der Waals surface area contributed by atoms with Crippen molar-refractivity contribution in [2.24, 2.45) is 0 Å². The van der Waals surface area contributed by atoms with Crippen LogP contribution in [-0.4, -0.2) is 51.0 Å². The van der Waals surface area contributed by atoms with E-state index in [9.17, 15) is 22.8 Å². The molecule has 11 nitrogen and oxygen atoms in total. The molecule has 4 amide bonds. The first-order valence-corrected chi connectivity index (χ1v) is 12.2. The summed E-state index contributed by atoms with van der Waals surface area (Å²) in [6.45, 7) is 1.89. The molecule has 1 fully saturated rings. The van der Waals surface area contributed by atoms with Crippen molar-refractivity contribution < 1.29 is 32.3 Å².